The minimum Gasteiger partial charge on any atom is -0.469 e. The number of carbonyl (C=O) groups is 1. The molecule has 0 bridgehead atoms. The molecule has 0 aromatic carbocycles. The Balaban J connectivity index is 2.86. The van der Waals surface area contributed by atoms with Gasteiger partial charge in [0.25, 0.3) is 0 Å². The molecule has 1 N–H and O–H groups in total. The van der Waals surface area contributed by atoms with Crippen LogP contribution in [0.3, 0.4) is 0 Å². The molecular formula is C12H15NO3. The first-order valence-corrected chi connectivity index (χ1v) is 4.97. The van der Waals surface area contributed by atoms with E-state index >= 15 is 0 Å². The third-order valence-corrected chi connectivity index (χ3v) is 2.33. The number of pyridine rings is 1. The molecule has 0 radical (unpaired) electrons. The van der Waals surface area contributed by atoms with Crippen LogP contribution in [-0.2, 0) is 9.53 Å². The van der Waals surface area contributed by atoms with Gasteiger partial charge in [0, 0.05) is 12.4 Å². The maximum absolute atomic E-state index is 11.5. The van der Waals surface area contributed by atoms with E-state index < -0.39 is 18.0 Å². The van der Waals surface area contributed by atoms with Gasteiger partial charge < -0.3 is 9.84 Å². The number of aliphatic hydroxyl groups excluding tert-OH is 1. The lowest BCUT2D eigenvalue weighted by Gasteiger charge is -2.19. The number of nitrogens with zero attached hydrogens (tertiary/aromatic N) is 1. The van der Waals surface area contributed by atoms with E-state index in [0.717, 1.165) is 0 Å². The fourth-order valence-electron chi connectivity index (χ4n) is 1.47. The average molecular weight is 221 g/mol. The number of allylic oxidation sites excluding steroid dienone is 1. The largest absolute Gasteiger partial charge is 0.469 e. The fraction of sp³-hybridized carbons (Fsp3) is 0.333. The number of aromatic nitrogens is 1. The van der Waals surface area contributed by atoms with Crippen molar-refractivity contribution in [3.05, 3.63) is 42.7 Å². The van der Waals surface area contributed by atoms with Crippen LogP contribution in [0.15, 0.2) is 37.2 Å². The van der Waals surface area contributed by atoms with Crippen molar-refractivity contribution in [3.63, 3.8) is 0 Å². The number of esters is 1. The summed E-state index contributed by atoms with van der Waals surface area (Å²) in [7, 11) is 1.30. The highest BCUT2D eigenvalue weighted by Gasteiger charge is 2.27. The Hall–Kier alpha value is -1.68. The summed E-state index contributed by atoms with van der Waals surface area (Å²) >= 11 is 0. The molecule has 0 saturated carbocycles. The van der Waals surface area contributed by atoms with Crippen LogP contribution in [-0.4, -0.2) is 23.2 Å². The summed E-state index contributed by atoms with van der Waals surface area (Å²) in [4.78, 5) is 15.4. The van der Waals surface area contributed by atoms with Gasteiger partial charge in [-0.1, -0.05) is 12.1 Å². The average Bonchev–Trinajstić information content (AvgIpc) is 2.35. The van der Waals surface area contributed by atoms with Crippen LogP contribution in [0.1, 0.15) is 18.1 Å². The molecule has 0 aliphatic carbocycles. The summed E-state index contributed by atoms with van der Waals surface area (Å²) in [5, 5.41) is 10.0. The summed E-state index contributed by atoms with van der Waals surface area (Å²) in [6.45, 7) is 3.56. The minimum absolute atomic E-state index is 0.364. The van der Waals surface area contributed by atoms with Crippen molar-refractivity contribution in [2.75, 3.05) is 7.11 Å². The fourth-order valence-corrected chi connectivity index (χ4v) is 1.47. The topological polar surface area (TPSA) is 59.4 Å². The van der Waals surface area contributed by atoms with Crippen molar-refractivity contribution in [1.29, 1.82) is 0 Å². The van der Waals surface area contributed by atoms with Crippen molar-refractivity contribution in [3.8, 4) is 0 Å². The summed E-state index contributed by atoms with van der Waals surface area (Å²) in [5.74, 6) is -1.08. The number of ether oxygens (including phenoxy) is 1. The van der Waals surface area contributed by atoms with Crippen LogP contribution in [0.4, 0.5) is 0 Å². The molecule has 0 amide bonds. The highest BCUT2D eigenvalue weighted by Crippen LogP contribution is 2.25. The molecule has 4 nitrogen and oxygen atoms in total. The van der Waals surface area contributed by atoms with Crippen LogP contribution in [0.25, 0.3) is 0 Å². The zero-order valence-electron chi connectivity index (χ0n) is 9.17. The van der Waals surface area contributed by atoms with Crippen LogP contribution in [0.5, 0.6) is 0 Å². The summed E-state index contributed by atoms with van der Waals surface area (Å²) in [5.41, 5.74) is 0.597. The molecule has 0 aliphatic heterocycles. The maximum atomic E-state index is 11.5. The number of carbonyl (C=O) groups excluding carboxylic acids is 1. The maximum Gasteiger partial charge on any atom is 0.311 e. The lowest BCUT2D eigenvalue weighted by Crippen LogP contribution is -2.23. The first-order chi connectivity index (χ1) is 7.70. The Morgan fingerprint density at radius 2 is 2.50 bits per heavy atom. The quantitative estimate of drug-likeness (QED) is 0.604. The number of methoxy groups -OCH3 is 1. The Morgan fingerprint density at radius 1 is 1.75 bits per heavy atom. The molecule has 0 unspecified atom stereocenters. The molecule has 1 aromatic heterocycles. The number of rotatable bonds is 5. The van der Waals surface area contributed by atoms with E-state index in [2.05, 4.69) is 16.3 Å². The Morgan fingerprint density at radius 3 is 3.00 bits per heavy atom. The lowest BCUT2D eigenvalue weighted by molar-refractivity contribution is -0.149. The molecule has 0 fully saturated rings. The normalized spacial score (nSPS) is 13.9. The van der Waals surface area contributed by atoms with Crippen molar-refractivity contribution in [2.45, 2.75) is 12.5 Å². The van der Waals surface area contributed by atoms with E-state index in [1.807, 2.05) is 0 Å². The van der Waals surface area contributed by atoms with Gasteiger partial charge in [-0.2, -0.15) is 0 Å². The SMILES string of the molecule is C=CC[C@@H](C(=O)OC)[C@@H](O)c1cccnc1. The second-order valence-electron chi connectivity index (χ2n) is 3.39. The monoisotopic (exact) mass is 221 g/mol. The molecule has 2 atom stereocenters. The zero-order chi connectivity index (χ0) is 12.0. The minimum atomic E-state index is -0.917. The van der Waals surface area contributed by atoms with E-state index in [0.29, 0.717) is 12.0 Å². The van der Waals surface area contributed by atoms with Crippen molar-refractivity contribution < 1.29 is 14.6 Å². The molecule has 0 saturated heterocycles. The van der Waals surface area contributed by atoms with Crippen molar-refractivity contribution in [1.82, 2.24) is 4.98 Å². The standard InChI is InChI=1S/C12H15NO3/c1-3-5-10(12(15)16-2)11(14)9-6-4-7-13-8-9/h3-4,6-8,10-11,14H,1,5H2,2H3/t10-,11+/m1/s1. The summed E-state index contributed by atoms with van der Waals surface area (Å²) in [6, 6.07) is 3.43. The lowest BCUT2D eigenvalue weighted by atomic mass is 9.94. The summed E-state index contributed by atoms with van der Waals surface area (Å²) < 4.78 is 4.64. The van der Waals surface area contributed by atoms with Gasteiger partial charge in [0.05, 0.1) is 19.1 Å². The summed E-state index contributed by atoms with van der Waals surface area (Å²) in [6.07, 6.45) is 4.17. The molecule has 86 valence electrons. The van der Waals surface area contributed by atoms with E-state index in [-0.39, 0.29) is 0 Å². The predicted molar refractivity (Wildman–Crippen MR) is 59.5 cm³/mol. The van der Waals surface area contributed by atoms with Crippen molar-refractivity contribution >= 4 is 5.97 Å². The van der Waals surface area contributed by atoms with E-state index in [9.17, 15) is 9.90 Å². The van der Waals surface area contributed by atoms with Gasteiger partial charge in [0.2, 0.25) is 0 Å². The third-order valence-electron chi connectivity index (χ3n) is 2.33. The van der Waals surface area contributed by atoms with Gasteiger partial charge in [-0.25, -0.2) is 0 Å². The van der Waals surface area contributed by atoms with Gasteiger partial charge >= 0.3 is 5.97 Å². The van der Waals surface area contributed by atoms with E-state index in [1.165, 1.54) is 13.3 Å². The molecule has 1 heterocycles. The van der Waals surface area contributed by atoms with E-state index in [4.69, 9.17) is 0 Å². The zero-order valence-corrected chi connectivity index (χ0v) is 9.17. The number of aliphatic hydroxyl groups is 1. The van der Waals surface area contributed by atoms with Crippen LogP contribution < -0.4 is 0 Å². The third kappa shape index (κ3) is 2.90. The number of hydrogen-bond acceptors (Lipinski definition) is 4. The molecule has 4 heteroatoms. The molecule has 1 aromatic rings. The van der Waals surface area contributed by atoms with Crippen LogP contribution in [0, 0.1) is 5.92 Å². The van der Waals surface area contributed by atoms with Gasteiger partial charge in [-0.15, -0.1) is 6.58 Å². The molecule has 16 heavy (non-hydrogen) atoms. The van der Waals surface area contributed by atoms with Crippen molar-refractivity contribution in [2.24, 2.45) is 5.92 Å². The smallest absolute Gasteiger partial charge is 0.311 e. The Labute approximate surface area is 94.6 Å². The number of hydrogen-bond donors (Lipinski definition) is 1. The first-order valence-electron chi connectivity index (χ1n) is 4.97. The highest BCUT2D eigenvalue weighted by atomic mass is 16.5. The molecule has 0 spiro atoms. The Bertz CT molecular complexity index is 351. The second-order valence-corrected chi connectivity index (χ2v) is 3.39. The predicted octanol–water partition coefficient (Wildman–Crippen LogP) is 1.48. The van der Waals surface area contributed by atoms with Crippen LogP contribution >= 0.6 is 0 Å². The first kappa shape index (κ1) is 12.4. The second kappa shape index (κ2) is 6.02. The van der Waals surface area contributed by atoms with Gasteiger partial charge in [0.15, 0.2) is 0 Å². The van der Waals surface area contributed by atoms with Gasteiger partial charge in [0.1, 0.15) is 0 Å². The van der Waals surface area contributed by atoms with Crippen LogP contribution in [0.2, 0.25) is 0 Å². The molecule has 0 aliphatic rings. The molecule has 1 rings (SSSR count). The van der Waals surface area contributed by atoms with Gasteiger partial charge in [-0.3, -0.25) is 9.78 Å². The highest BCUT2D eigenvalue weighted by molar-refractivity contribution is 5.73. The van der Waals surface area contributed by atoms with Gasteiger partial charge in [-0.05, 0) is 18.1 Å². The Kier molecular flexibility index (Phi) is 4.66. The van der Waals surface area contributed by atoms with E-state index in [1.54, 1.807) is 24.4 Å². The molecular weight excluding hydrogens is 206 g/mol.